The Morgan fingerprint density at radius 3 is 2.27 bits per heavy atom. The van der Waals surface area contributed by atoms with E-state index in [0.29, 0.717) is 34.0 Å². The number of ether oxygens (including phenoxy) is 3. The summed E-state index contributed by atoms with van der Waals surface area (Å²) in [4.78, 5) is 4.58. The Morgan fingerprint density at radius 1 is 0.879 bits per heavy atom. The van der Waals surface area contributed by atoms with E-state index in [4.69, 9.17) is 14.2 Å². The van der Waals surface area contributed by atoms with E-state index in [0.717, 1.165) is 11.4 Å². The third kappa shape index (κ3) is 4.17. The van der Waals surface area contributed by atoms with Gasteiger partial charge in [-0.15, -0.1) is 0 Å². The molecule has 9 nitrogen and oxygen atoms in total. The number of benzene rings is 2. The molecule has 0 aliphatic carbocycles. The molecule has 2 aromatic carbocycles. The van der Waals surface area contributed by atoms with Gasteiger partial charge in [-0.05, 0) is 49.7 Å². The Labute approximate surface area is 192 Å². The Kier molecular flexibility index (Phi) is 5.86. The second-order valence-electron chi connectivity index (χ2n) is 7.37. The van der Waals surface area contributed by atoms with Crippen molar-refractivity contribution >= 4 is 21.4 Å². The van der Waals surface area contributed by atoms with Crippen molar-refractivity contribution in [3.05, 3.63) is 60.0 Å². The lowest BCUT2D eigenvalue weighted by molar-refractivity contribution is 0.355. The van der Waals surface area contributed by atoms with E-state index < -0.39 is 10.0 Å². The van der Waals surface area contributed by atoms with Gasteiger partial charge < -0.3 is 14.2 Å². The van der Waals surface area contributed by atoms with Crippen molar-refractivity contribution in [2.24, 2.45) is 0 Å². The lowest BCUT2D eigenvalue weighted by Gasteiger charge is -2.14. The molecule has 0 aliphatic rings. The van der Waals surface area contributed by atoms with E-state index in [9.17, 15) is 8.42 Å². The van der Waals surface area contributed by atoms with E-state index in [1.807, 2.05) is 19.9 Å². The van der Waals surface area contributed by atoms with Crippen molar-refractivity contribution in [3.8, 4) is 28.4 Å². The van der Waals surface area contributed by atoms with E-state index in [1.54, 1.807) is 47.1 Å². The molecule has 33 heavy (non-hydrogen) atoms. The first-order chi connectivity index (χ1) is 15.8. The number of fused-ring (bicyclic) bond motifs is 1. The minimum atomic E-state index is -4.00. The Bertz CT molecular complexity index is 1450. The van der Waals surface area contributed by atoms with Crippen LogP contribution in [0, 0.1) is 13.8 Å². The van der Waals surface area contributed by atoms with E-state index in [1.165, 1.54) is 21.3 Å². The summed E-state index contributed by atoms with van der Waals surface area (Å²) in [5.74, 6) is 1.11. The number of sulfonamides is 1. The molecular formula is C23H24N4O5S. The van der Waals surface area contributed by atoms with Crippen molar-refractivity contribution in [3.63, 3.8) is 0 Å². The van der Waals surface area contributed by atoms with Crippen molar-refractivity contribution in [2.45, 2.75) is 18.7 Å². The highest BCUT2D eigenvalue weighted by molar-refractivity contribution is 7.92. The van der Waals surface area contributed by atoms with Crippen molar-refractivity contribution in [1.82, 2.24) is 14.6 Å². The highest BCUT2D eigenvalue weighted by Gasteiger charge is 2.22. The number of hydrogen-bond acceptors (Lipinski definition) is 7. The van der Waals surface area contributed by atoms with Gasteiger partial charge in [0.25, 0.3) is 10.0 Å². The summed E-state index contributed by atoms with van der Waals surface area (Å²) < 4.78 is 46.8. The summed E-state index contributed by atoms with van der Waals surface area (Å²) in [5, 5.41) is 4.41. The number of anilines is 1. The predicted molar refractivity (Wildman–Crippen MR) is 125 cm³/mol. The van der Waals surface area contributed by atoms with Gasteiger partial charge in [-0.3, -0.25) is 4.72 Å². The summed E-state index contributed by atoms with van der Waals surface area (Å²) in [6.45, 7) is 3.84. The first kappa shape index (κ1) is 22.4. The largest absolute Gasteiger partial charge is 0.495 e. The monoisotopic (exact) mass is 468 g/mol. The van der Waals surface area contributed by atoms with Crippen LogP contribution >= 0.6 is 0 Å². The zero-order valence-electron chi connectivity index (χ0n) is 18.9. The quantitative estimate of drug-likeness (QED) is 0.439. The molecular weight excluding hydrogens is 444 g/mol. The lowest BCUT2D eigenvalue weighted by atomic mass is 10.1. The minimum Gasteiger partial charge on any atom is -0.495 e. The topological polar surface area (TPSA) is 104 Å². The van der Waals surface area contributed by atoms with Crippen LogP contribution in [0.25, 0.3) is 16.8 Å². The highest BCUT2D eigenvalue weighted by Crippen LogP contribution is 2.34. The van der Waals surface area contributed by atoms with E-state index in [-0.39, 0.29) is 10.6 Å². The minimum absolute atomic E-state index is 0.0130. The zero-order chi connectivity index (χ0) is 23.8. The summed E-state index contributed by atoms with van der Waals surface area (Å²) in [5.41, 5.74) is 4.11. The summed E-state index contributed by atoms with van der Waals surface area (Å²) >= 11 is 0. The third-order valence-corrected chi connectivity index (χ3v) is 6.58. The fourth-order valence-corrected chi connectivity index (χ4v) is 4.88. The molecule has 0 bridgehead atoms. The molecule has 10 heteroatoms. The van der Waals surface area contributed by atoms with Crippen molar-refractivity contribution < 1.29 is 22.6 Å². The molecule has 0 radical (unpaired) electrons. The van der Waals surface area contributed by atoms with E-state index >= 15 is 0 Å². The zero-order valence-corrected chi connectivity index (χ0v) is 19.7. The van der Waals surface area contributed by atoms with Gasteiger partial charge >= 0.3 is 0 Å². The maximum Gasteiger partial charge on any atom is 0.265 e. The van der Waals surface area contributed by atoms with Gasteiger partial charge in [0.1, 0.15) is 10.6 Å². The second kappa shape index (κ2) is 8.62. The molecule has 2 aromatic heterocycles. The lowest BCUT2D eigenvalue weighted by Crippen LogP contribution is -2.14. The molecule has 2 heterocycles. The molecule has 0 atom stereocenters. The maximum absolute atomic E-state index is 13.3. The van der Waals surface area contributed by atoms with Crippen molar-refractivity contribution in [1.29, 1.82) is 0 Å². The average molecular weight is 469 g/mol. The summed E-state index contributed by atoms with van der Waals surface area (Å²) in [6.07, 6.45) is 1.68. The van der Waals surface area contributed by atoms with Crippen LogP contribution in [0.4, 0.5) is 5.69 Å². The first-order valence-electron chi connectivity index (χ1n) is 10.0. The molecule has 0 spiro atoms. The van der Waals surface area contributed by atoms with Gasteiger partial charge in [0, 0.05) is 23.0 Å². The Morgan fingerprint density at radius 2 is 1.58 bits per heavy atom. The SMILES string of the molecule is COc1ccc(NS(=O)(=O)c2cc(-c3cnn4c(C)cc(C)nc34)ccc2OC)cc1OC. The number of nitrogens with zero attached hydrogens (tertiary/aromatic N) is 3. The van der Waals surface area contributed by atoms with Crippen LogP contribution in [-0.2, 0) is 10.0 Å². The van der Waals surface area contributed by atoms with Crippen LogP contribution in [0.15, 0.2) is 53.6 Å². The number of rotatable bonds is 7. The fraction of sp³-hybridized carbons (Fsp3) is 0.217. The first-order valence-corrected chi connectivity index (χ1v) is 11.5. The molecule has 4 aromatic rings. The third-order valence-electron chi connectivity index (χ3n) is 5.18. The van der Waals surface area contributed by atoms with Crippen LogP contribution in [0.1, 0.15) is 11.4 Å². The van der Waals surface area contributed by atoms with E-state index in [2.05, 4.69) is 14.8 Å². The number of aryl methyl sites for hydroxylation is 2. The van der Waals surface area contributed by atoms with Crippen LogP contribution in [-0.4, -0.2) is 44.3 Å². The molecule has 0 saturated carbocycles. The van der Waals surface area contributed by atoms with Gasteiger partial charge in [0.05, 0.1) is 33.2 Å². The van der Waals surface area contributed by atoms with Crippen molar-refractivity contribution in [2.75, 3.05) is 26.1 Å². The normalized spacial score (nSPS) is 11.4. The Hall–Kier alpha value is -3.79. The number of nitrogens with one attached hydrogen (secondary N) is 1. The van der Waals surface area contributed by atoms with Gasteiger partial charge in [-0.2, -0.15) is 5.10 Å². The summed E-state index contributed by atoms with van der Waals surface area (Å²) in [6, 6.07) is 11.7. The highest BCUT2D eigenvalue weighted by atomic mass is 32.2. The molecule has 172 valence electrons. The van der Waals surface area contributed by atoms with Crippen LogP contribution in [0.2, 0.25) is 0 Å². The molecule has 4 rings (SSSR count). The fourth-order valence-electron chi connectivity index (χ4n) is 3.64. The molecule has 1 N–H and O–H groups in total. The number of methoxy groups -OCH3 is 3. The number of aromatic nitrogens is 3. The maximum atomic E-state index is 13.3. The van der Waals surface area contributed by atoms with Gasteiger partial charge in [0.15, 0.2) is 17.1 Å². The average Bonchev–Trinajstić information content (AvgIpc) is 3.22. The second-order valence-corrected chi connectivity index (χ2v) is 9.02. The van der Waals surface area contributed by atoms with Crippen LogP contribution in [0.5, 0.6) is 17.2 Å². The molecule has 0 aliphatic heterocycles. The van der Waals surface area contributed by atoms with Gasteiger partial charge in [0.2, 0.25) is 0 Å². The van der Waals surface area contributed by atoms with Gasteiger partial charge in [-0.25, -0.2) is 17.9 Å². The smallest absolute Gasteiger partial charge is 0.265 e. The molecule has 0 fully saturated rings. The van der Waals surface area contributed by atoms with Crippen LogP contribution < -0.4 is 18.9 Å². The van der Waals surface area contributed by atoms with Gasteiger partial charge in [-0.1, -0.05) is 6.07 Å². The number of hydrogen-bond donors (Lipinski definition) is 1. The molecule has 0 amide bonds. The molecule has 0 unspecified atom stereocenters. The predicted octanol–water partition coefficient (Wildman–Crippen LogP) is 3.84. The van der Waals surface area contributed by atoms with Crippen LogP contribution in [0.3, 0.4) is 0 Å². The standard InChI is InChI=1S/C23H24N4O5S/c1-14-10-15(2)27-23(25-14)18(13-24-27)16-6-8-20(31-4)22(11-16)33(28,29)26-17-7-9-19(30-3)21(12-17)32-5/h6-13,26H,1-5H3. The molecule has 0 saturated heterocycles. The summed E-state index contributed by atoms with van der Waals surface area (Å²) in [7, 11) is 0.415. The Balaban J connectivity index is 1.79.